The molecule has 2 aromatic rings. The fourth-order valence-corrected chi connectivity index (χ4v) is 3.14. The van der Waals surface area contributed by atoms with E-state index in [1.807, 2.05) is 48.5 Å². The first-order chi connectivity index (χ1) is 13.7. The van der Waals surface area contributed by atoms with Crippen LogP contribution in [0.25, 0.3) is 0 Å². The molecule has 28 heavy (non-hydrogen) atoms. The van der Waals surface area contributed by atoms with Gasteiger partial charge in [-0.15, -0.1) is 0 Å². The summed E-state index contributed by atoms with van der Waals surface area (Å²) < 4.78 is 7.41. The molecule has 1 aliphatic rings. The van der Waals surface area contributed by atoms with Gasteiger partial charge < -0.3 is 19.9 Å². The van der Waals surface area contributed by atoms with Crippen molar-refractivity contribution < 1.29 is 9.53 Å². The summed E-state index contributed by atoms with van der Waals surface area (Å²) in [4.78, 5) is 20.6. The monoisotopic (exact) mass is 384 g/mol. The van der Waals surface area contributed by atoms with Gasteiger partial charge in [0.1, 0.15) is 12.3 Å². The maximum atomic E-state index is 12.5. The minimum atomic E-state index is 0.0541. The van der Waals surface area contributed by atoms with Crippen molar-refractivity contribution >= 4 is 17.6 Å². The first-order valence-electron chi connectivity index (χ1n) is 9.60. The second-order valence-electron chi connectivity index (χ2n) is 6.68. The largest absolute Gasteiger partial charge is 0.494 e. The first-order valence-corrected chi connectivity index (χ1v) is 9.60. The highest BCUT2D eigenvalue weighted by atomic mass is 16.5. The van der Waals surface area contributed by atoms with Crippen molar-refractivity contribution in [3.63, 3.8) is 0 Å². The second kappa shape index (κ2) is 9.77. The number of amides is 1. The minimum absolute atomic E-state index is 0.0541. The number of carbonyl (C=O) groups excluding carboxylic acids is 1. The SMILES string of the molecule is CN=C(NCCCCOc1ccccc1)N1CCN(c2cnn(C)c2)C(=O)C1. The van der Waals surface area contributed by atoms with Crippen molar-refractivity contribution in [1.29, 1.82) is 0 Å². The average molecular weight is 384 g/mol. The molecular formula is C20H28N6O2. The lowest BCUT2D eigenvalue weighted by atomic mass is 10.3. The van der Waals surface area contributed by atoms with Gasteiger partial charge in [0.25, 0.3) is 0 Å². The van der Waals surface area contributed by atoms with E-state index in [-0.39, 0.29) is 5.91 Å². The van der Waals surface area contributed by atoms with Crippen LogP contribution < -0.4 is 15.0 Å². The number of aliphatic imine (C=N–C) groups is 1. The summed E-state index contributed by atoms with van der Waals surface area (Å²) in [7, 11) is 3.60. The molecule has 1 aromatic heterocycles. The summed E-state index contributed by atoms with van der Waals surface area (Å²) in [6.07, 6.45) is 5.50. The molecule has 1 amide bonds. The quantitative estimate of drug-likeness (QED) is 0.445. The number of ether oxygens (including phenoxy) is 1. The molecule has 1 aromatic carbocycles. The van der Waals surface area contributed by atoms with E-state index in [0.717, 1.165) is 43.3 Å². The van der Waals surface area contributed by atoms with E-state index in [1.54, 1.807) is 22.8 Å². The lowest BCUT2D eigenvalue weighted by molar-refractivity contribution is -0.120. The molecule has 1 fully saturated rings. The van der Waals surface area contributed by atoms with Gasteiger partial charge in [-0.1, -0.05) is 18.2 Å². The lowest BCUT2D eigenvalue weighted by Gasteiger charge is -2.35. The lowest BCUT2D eigenvalue weighted by Crippen LogP contribution is -2.55. The van der Waals surface area contributed by atoms with Gasteiger partial charge in [0.15, 0.2) is 5.96 Å². The standard InChI is InChI=1S/C20H28N6O2/c1-21-20(22-10-6-7-13-28-18-8-4-3-5-9-18)25-11-12-26(19(27)16-25)17-14-23-24(2)15-17/h3-5,8-9,14-15H,6-7,10-13,16H2,1-2H3,(H,21,22). The third kappa shape index (κ3) is 5.25. The van der Waals surface area contributed by atoms with Gasteiger partial charge in [-0.3, -0.25) is 14.5 Å². The highest BCUT2D eigenvalue weighted by molar-refractivity contribution is 5.98. The fraction of sp³-hybridized carbons (Fsp3) is 0.450. The summed E-state index contributed by atoms with van der Waals surface area (Å²) in [5.74, 6) is 1.72. The van der Waals surface area contributed by atoms with Gasteiger partial charge in [-0.2, -0.15) is 5.10 Å². The Labute approximate surface area is 165 Å². The van der Waals surface area contributed by atoms with Crippen molar-refractivity contribution in [1.82, 2.24) is 20.0 Å². The Balaban J connectivity index is 1.38. The van der Waals surface area contributed by atoms with Gasteiger partial charge in [0, 0.05) is 39.9 Å². The number of hydrogen-bond acceptors (Lipinski definition) is 4. The van der Waals surface area contributed by atoms with E-state index in [4.69, 9.17) is 4.74 Å². The predicted octanol–water partition coefficient (Wildman–Crippen LogP) is 1.50. The molecule has 2 heterocycles. The average Bonchev–Trinajstić information content (AvgIpc) is 3.14. The van der Waals surface area contributed by atoms with E-state index < -0.39 is 0 Å². The van der Waals surface area contributed by atoms with Crippen molar-refractivity contribution in [2.75, 3.05) is 44.7 Å². The molecule has 1 saturated heterocycles. The van der Waals surface area contributed by atoms with E-state index in [0.29, 0.717) is 19.7 Å². The Hall–Kier alpha value is -3.03. The Morgan fingerprint density at radius 2 is 2.07 bits per heavy atom. The maximum Gasteiger partial charge on any atom is 0.246 e. The number of carbonyl (C=O) groups is 1. The minimum Gasteiger partial charge on any atom is -0.494 e. The molecule has 0 aliphatic carbocycles. The molecule has 3 rings (SSSR count). The molecule has 0 saturated carbocycles. The van der Waals surface area contributed by atoms with E-state index in [2.05, 4.69) is 15.4 Å². The number of piperazine rings is 1. The number of unbranched alkanes of at least 4 members (excludes halogenated alkanes) is 1. The fourth-order valence-electron chi connectivity index (χ4n) is 3.14. The maximum absolute atomic E-state index is 12.5. The molecule has 8 nitrogen and oxygen atoms in total. The second-order valence-corrected chi connectivity index (χ2v) is 6.68. The van der Waals surface area contributed by atoms with Crippen LogP contribution in [0.4, 0.5) is 5.69 Å². The molecule has 0 radical (unpaired) electrons. The zero-order valence-corrected chi connectivity index (χ0v) is 16.5. The summed E-state index contributed by atoms with van der Waals surface area (Å²) in [6.45, 7) is 3.15. The Kier molecular flexibility index (Phi) is 6.89. The zero-order valence-electron chi connectivity index (χ0n) is 16.5. The van der Waals surface area contributed by atoms with Crippen molar-refractivity contribution in [3.8, 4) is 5.75 Å². The molecule has 0 spiro atoms. The molecule has 8 heteroatoms. The number of aromatic nitrogens is 2. The zero-order chi connectivity index (χ0) is 19.8. The van der Waals surface area contributed by atoms with Crippen LogP contribution in [0, 0.1) is 0 Å². The van der Waals surface area contributed by atoms with Crippen molar-refractivity contribution in [2.24, 2.45) is 12.0 Å². The van der Waals surface area contributed by atoms with Crippen molar-refractivity contribution in [2.45, 2.75) is 12.8 Å². The van der Waals surface area contributed by atoms with Crippen LogP contribution in [0.15, 0.2) is 47.7 Å². The van der Waals surface area contributed by atoms with Crippen molar-refractivity contribution in [3.05, 3.63) is 42.7 Å². The van der Waals surface area contributed by atoms with E-state index in [1.165, 1.54) is 0 Å². The van der Waals surface area contributed by atoms with E-state index in [9.17, 15) is 4.79 Å². The number of para-hydroxylation sites is 1. The number of hydrogen-bond donors (Lipinski definition) is 1. The number of nitrogens with zero attached hydrogens (tertiary/aromatic N) is 5. The topological polar surface area (TPSA) is 75.0 Å². The van der Waals surface area contributed by atoms with Gasteiger partial charge in [0.2, 0.25) is 5.91 Å². The Morgan fingerprint density at radius 1 is 1.25 bits per heavy atom. The van der Waals surface area contributed by atoms with Crippen LogP contribution in [0.3, 0.4) is 0 Å². The summed E-state index contributed by atoms with van der Waals surface area (Å²) in [5, 5.41) is 7.49. The molecule has 1 aliphatic heterocycles. The number of aryl methyl sites for hydroxylation is 1. The third-order valence-corrected chi connectivity index (χ3v) is 4.60. The number of guanidine groups is 1. The summed E-state index contributed by atoms with van der Waals surface area (Å²) >= 11 is 0. The number of nitrogens with one attached hydrogen (secondary N) is 1. The number of benzene rings is 1. The van der Waals surface area contributed by atoms with Crippen LogP contribution in [-0.2, 0) is 11.8 Å². The first kappa shape index (κ1) is 19.7. The van der Waals surface area contributed by atoms with Gasteiger partial charge in [-0.25, -0.2) is 0 Å². The number of anilines is 1. The smallest absolute Gasteiger partial charge is 0.246 e. The van der Waals surface area contributed by atoms with Crippen LogP contribution in [0.1, 0.15) is 12.8 Å². The van der Waals surface area contributed by atoms with Crippen LogP contribution in [0.2, 0.25) is 0 Å². The molecular weight excluding hydrogens is 356 g/mol. The molecule has 150 valence electrons. The van der Waals surface area contributed by atoms with Crippen LogP contribution >= 0.6 is 0 Å². The highest BCUT2D eigenvalue weighted by Crippen LogP contribution is 2.16. The van der Waals surface area contributed by atoms with Crippen LogP contribution in [-0.4, -0.2) is 66.4 Å². The molecule has 0 unspecified atom stereocenters. The van der Waals surface area contributed by atoms with Gasteiger partial charge in [-0.05, 0) is 25.0 Å². The van der Waals surface area contributed by atoms with Gasteiger partial charge >= 0.3 is 0 Å². The third-order valence-electron chi connectivity index (χ3n) is 4.60. The summed E-state index contributed by atoms with van der Waals surface area (Å²) in [5.41, 5.74) is 0.841. The Morgan fingerprint density at radius 3 is 2.75 bits per heavy atom. The van der Waals surface area contributed by atoms with Gasteiger partial charge in [0.05, 0.1) is 18.5 Å². The van der Waals surface area contributed by atoms with E-state index >= 15 is 0 Å². The van der Waals surface area contributed by atoms with Crippen LogP contribution in [0.5, 0.6) is 5.75 Å². The number of rotatable bonds is 7. The summed E-state index contributed by atoms with van der Waals surface area (Å²) in [6, 6.07) is 9.83. The molecule has 1 N–H and O–H groups in total. The Bertz CT molecular complexity index is 789. The highest BCUT2D eigenvalue weighted by Gasteiger charge is 2.27. The normalized spacial score (nSPS) is 15.1. The molecule has 0 bridgehead atoms. The predicted molar refractivity (Wildman–Crippen MR) is 110 cm³/mol. The molecule has 0 atom stereocenters.